The standard InChI is InChI=1S/C18H44N6/c1-18(24(16-6-11-21)17-7-12-22)8-2-3-13-23(14-4-9-19)15-5-10-20/h18H,2-17,19-22H2,1H3. The molecule has 0 fully saturated rings. The molecule has 0 aliphatic carbocycles. The van der Waals surface area contributed by atoms with Crippen LogP contribution in [0.1, 0.15) is 51.9 Å². The van der Waals surface area contributed by atoms with Crippen molar-refractivity contribution < 1.29 is 0 Å². The molecular formula is C18H44N6. The maximum Gasteiger partial charge on any atom is 0.00669 e. The van der Waals surface area contributed by atoms with Crippen molar-refractivity contribution in [1.29, 1.82) is 0 Å². The van der Waals surface area contributed by atoms with Crippen LogP contribution in [0.15, 0.2) is 0 Å². The normalized spacial score (nSPS) is 13.1. The van der Waals surface area contributed by atoms with Crippen molar-refractivity contribution in [1.82, 2.24) is 9.80 Å². The van der Waals surface area contributed by atoms with Crippen molar-refractivity contribution in [3.8, 4) is 0 Å². The lowest BCUT2D eigenvalue weighted by atomic mass is 10.1. The summed E-state index contributed by atoms with van der Waals surface area (Å²) in [7, 11) is 0. The molecule has 6 nitrogen and oxygen atoms in total. The summed E-state index contributed by atoms with van der Waals surface area (Å²) in [5.74, 6) is 0. The number of nitrogens with zero attached hydrogens (tertiary/aromatic N) is 2. The van der Waals surface area contributed by atoms with Crippen molar-refractivity contribution in [3.05, 3.63) is 0 Å². The zero-order chi connectivity index (χ0) is 18.0. The first-order chi connectivity index (χ1) is 11.7. The van der Waals surface area contributed by atoms with E-state index in [1.807, 2.05) is 0 Å². The Labute approximate surface area is 150 Å². The highest BCUT2D eigenvalue weighted by molar-refractivity contribution is 4.69. The molecule has 6 heteroatoms. The maximum atomic E-state index is 5.67. The van der Waals surface area contributed by atoms with E-state index in [1.54, 1.807) is 0 Å². The molecular weight excluding hydrogens is 300 g/mol. The summed E-state index contributed by atoms with van der Waals surface area (Å²) in [6, 6.07) is 0.615. The molecule has 0 aliphatic rings. The van der Waals surface area contributed by atoms with Gasteiger partial charge >= 0.3 is 0 Å². The zero-order valence-corrected chi connectivity index (χ0v) is 16.1. The molecule has 0 saturated heterocycles. The fraction of sp³-hybridized carbons (Fsp3) is 1.00. The van der Waals surface area contributed by atoms with Gasteiger partial charge in [-0.1, -0.05) is 6.42 Å². The first kappa shape index (κ1) is 23.8. The van der Waals surface area contributed by atoms with Crippen LogP contribution in [0.4, 0.5) is 0 Å². The topological polar surface area (TPSA) is 111 Å². The monoisotopic (exact) mass is 344 g/mol. The fourth-order valence-electron chi connectivity index (χ4n) is 3.06. The number of unbranched alkanes of at least 4 members (excludes halogenated alkanes) is 1. The maximum absolute atomic E-state index is 5.67. The van der Waals surface area contributed by atoms with Crippen LogP contribution >= 0.6 is 0 Å². The van der Waals surface area contributed by atoms with E-state index in [9.17, 15) is 0 Å². The van der Waals surface area contributed by atoms with Crippen molar-refractivity contribution in [2.45, 2.75) is 57.9 Å². The Morgan fingerprint density at radius 3 is 1.46 bits per heavy atom. The van der Waals surface area contributed by atoms with Crippen LogP contribution in [-0.4, -0.2) is 74.7 Å². The minimum atomic E-state index is 0.615. The molecule has 0 spiro atoms. The van der Waals surface area contributed by atoms with Crippen LogP contribution in [0.3, 0.4) is 0 Å². The average molecular weight is 345 g/mol. The minimum Gasteiger partial charge on any atom is -0.330 e. The molecule has 0 bridgehead atoms. The summed E-state index contributed by atoms with van der Waals surface area (Å²) >= 11 is 0. The van der Waals surface area contributed by atoms with Gasteiger partial charge in [-0.3, -0.25) is 0 Å². The lowest BCUT2D eigenvalue weighted by molar-refractivity contribution is 0.190. The van der Waals surface area contributed by atoms with Crippen molar-refractivity contribution in [2.24, 2.45) is 22.9 Å². The Kier molecular flexibility index (Phi) is 17.4. The Balaban J connectivity index is 4.03. The zero-order valence-electron chi connectivity index (χ0n) is 16.1. The van der Waals surface area contributed by atoms with Gasteiger partial charge in [-0.2, -0.15) is 0 Å². The molecule has 0 saturated carbocycles. The smallest absolute Gasteiger partial charge is 0.00669 e. The number of hydrogen-bond acceptors (Lipinski definition) is 6. The molecule has 8 N–H and O–H groups in total. The second-order valence-electron chi connectivity index (χ2n) is 6.79. The molecule has 0 radical (unpaired) electrons. The van der Waals surface area contributed by atoms with Gasteiger partial charge in [-0.05, 0) is 104 Å². The molecule has 0 aromatic rings. The Morgan fingerprint density at radius 2 is 1.00 bits per heavy atom. The highest BCUT2D eigenvalue weighted by Crippen LogP contribution is 2.10. The van der Waals surface area contributed by atoms with Gasteiger partial charge in [0, 0.05) is 6.04 Å². The minimum absolute atomic E-state index is 0.615. The van der Waals surface area contributed by atoms with Gasteiger partial charge in [0.2, 0.25) is 0 Å². The van der Waals surface area contributed by atoms with Gasteiger partial charge in [0.1, 0.15) is 0 Å². The quantitative estimate of drug-likeness (QED) is 0.270. The van der Waals surface area contributed by atoms with E-state index in [1.165, 1.54) is 25.8 Å². The second-order valence-corrected chi connectivity index (χ2v) is 6.79. The Morgan fingerprint density at radius 1 is 0.583 bits per heavy atom. The average Bonchev–Trinajstić information content (AvgIpc) is 2.60. The third-order valence-electron chi connectivity index (χ3n) is 4.63. The second kappa shape index (κ2) is 17.6. The third-order valence-corrected chi connectivity index (χ3v) is 4.63. The van der Waals surface area contributed by atoms with E-state index in [4.69, 9.17) is 22.9 Å². The number of nitrogens with two attached hydrogens (primary N) is 4. The molecule has 0 amide bonds. The molecule has 0 aromatic carbocycles. The van der Waals surface area contributed by atoms with E-state index < -0.39 is 0 Å². The van der Waals surface area contributed by atoms with Crippen molar-refractivity contribution in [2.75, 3.05) is 58.9 Å². The van der Waals surface area contributed by atoms with E-state index in [0.717, 1.165) is 78.0 Å². The summed E-state index contributed by atoms with van der Waals surface area (Å²) in [5.41, 5.74) is 22.6. The summed E-state index contributed by atoms with van der Waals surface area (Å²) < 4.78 is 0. The van der Waals surface area contributed by atoms with Crippen LogP contribution in [0.2, 0.25) is 0 Å². The van der Waals surface area contributed by atoms with Gasteiger partial charge < -0.3 is 32.7 Å². The van der Waals surface area contributed by atoms with E-state index in [0.29, 0.717) is 6.04 Å². The van der Waals surface area contributed by atoms with Gasteiger partial charge in [0.15, 0.2) is 0 Å². The fourth-order valence-corrected chi connectivity index (χ4v) is 3.06. The van der Waals surface area contributed by atoms with Gasteiger partial charge in [0.05, 0.1) is 0 Å². The molecule has 0 heterocycles. The molecule has 0 rings (SSSR count). The summed E-state index contributed by atoms with van der Waals surface area (Å²) in [4.78, 5) is 5.07. The molecule has 1 atom stereocenters. The largest absolute Gasteiger partial charge is 0.330 e. The summed E-state index contributed by atoms with van der Waals surface area (Å²) in [6.07, 6.45) is 8.06. The highest BCUT2D eigenvalue weighted by atomic mass is 15.1. The number of hydrogen-bond donors (Lipinski definition) is 4. The van der Waals surface area contributed by atoms with Crippen molar-refractivity contribution in [3.63, 3.8) is 0 Å². The van der Waals surface area contributed by atoms with Crippen LogP contribution in [-0.2, 0) is 0 Å². The van der Waals surface area contributed by atoms with Crippen molar-refractivity contribution >= 4 is 0 Å². The molecule has 1 unspecified atom stereocenters. The predicted octanol–water partition coefficient (Wildman–Crippen LogP) is 0.544. The Bertz CT molecular complexity index is 236. The SMILES string of the molecule is CC(CCCCN(CCCN)CCCN)N(CCCN)CCCN. The van der Waals surface area contributed by atoms with Crippen LogP contribution in [0.25, 0.3) is 0 Å². The Hall–Kier alpha value is -0.240. The van der Waals surface area contributed by atoms with E-state index in [2.05, 4.69) is 16.7 Å². The van der Waals surface area contributed by atoms with E-state index in [-0.39, 0.29) is 0 Å². The van der Waals surface area contributed by atoms with E-state index >= 15 is 0 Å². The van der Waals surface area contributed by atoms with Crippen LogP contribution in [0, 0.1) is 0 Å². The highest BCUT2D eigenvalue weighted by Gasteiger charge is 2.13. The predicted molar refractivity (Wildman–Crippen MR) is 106 cm³/mol. The van der Waals surface area contributed by atoms with Gasteiger partial charge in [-0.25, -0.2) is 0 Å². The van der Waals surface area contributed by atoms with Crippen LogP contribution < -0.4 is 22.9 Å². The summed E-state index contributed by atoms with van der Waals surface area (Å²) in [6.45, 7) is 11.0. The molecule has 0 aromatic heterocycles. The van der Waals surface area contributed by atoms with Gasteiger partial charge in [-0.15, -0.1) is 0 Å². The molecule has 146 valence electrons. The van der Waals surface area contributed by atoms with Crippen LogP contribution in [0.5, 0.6) is 0 Å². The first-order valence-corrected chi connectivity index (χ1v) is 9.96. The van der Waals surface area contributed by atoms with Gasteiger partial charge in [0.25, 0.3) is 0 Å². The summed E-state index contributed by atoms with van der Waals surface area (Å²) in [5, 5.41) is 0. The molecule has 24 heavy (non-hydrogen) atoms. The lowest BCUT2D eigenvalue weighted by Crippen LogP contribution is -2.36. The first-order valence-electron chi connectivity index (χ1n) is 9.96. The molecule has 0 aliphatic heterocycles. The lowest BCUT2D eigenvalue weighted by Gasteiger charge is -2.29. The third kappa shape index (κ3) is 13.1. The number of rotatable bonds is 18.